The van der Waals surface area contributed by atoms with Gasteiger partial charge in [-0.25, -0.2) is 4.79 Å². The Kier molecular flexibility index (Phi) is 24.7. The number of esters is 3. The van der Waals surface area contributed by atoms with Gasteiger partial charge in [0.2, 0.25) is 0 Å². The summed E-state index contributed by atoms with van der Waals surface area (Å²) in [4.78, 5) is 46.2. The number of nitrogens with zero attached hydrogens (tertiary/aromatic N) is 1. The summed E-state index contributed by atoms with van der Waals surface area (Å²) in [5.41, 5.74) is 11.4. The van der Waals surface area contributed by atoms with E-state index in [2.05, 4.69) is 5.18 Å². The lowest BCUT2D eigenvalue weighted by atomic mass is 9.88. The maximum atomic E-state index is 12.1. The van der Waals surface area contributed by atoms with Crippen molar-refractivity contribution in [3.8, 4) is 0 Å². The molecular formula is C30H50F3N3O8. The predicted octanol–water partition coefficient (Wildman–Crippen LogP) is 5.72. The van der Waals surface area contributed by atoms with Crippen molar-refractivity contribution in [3.05, 3.63) is 40.3 Å². The highest BCUT2D eigenvalue weighted by Crippen LogP contribution is 2.23. The molecule has 0 aliphatic rings. The van der Waals surface area contributed by atoms with E-state index in [4.69, 9.17) is 25.7 Å². The van der Waals surface area contributed by atoms with Gasteiger partial charge in [0.25, 0.3) is 0 Å². The van der Waals surface area contributed by atoms with Gasteiger partial charge >= 0.3 is 24.1 Å². The molecule has 44 heavy (non-hydrogen) atoms. The molecule has 0 saturated heterocycles. The minimum Gasteiger partial charge on any atom is -0.465 e. The highest BCUT2D eigenvalue weighted by atomic mass is 19.4. The maximum absolute atomic E-state index is 12.1. The van der Waals surface area contributed by atoms with Gasteiger partial charge in [0.15, 0.2) is 0 Å². The van der Waals surface area contributed by atoms with E-state index in [-0.39, 0.29) is 52.7 Å². The second-order valence-corrected chi connectivity index (χ2v) is 9.87. The molecule has 1 aromatic rings. The summed E-state index contributed by atoms with van der Waals surface area (Å²) >= 11 is 0. The molecule has 0 bridgehead atoms. The Labute approximate surface area is 258 Å². The van der Waals surface area contributed by atoms with E-state index < -0.39 is 35.7 Å². The fourth-order valence-electron chi connectivity index (χ4n) is 3.32. The largest absolute Gasteiger partial charge is 0.465 e. The number of aliphatic hydroxyl groups is 1. The topological polar surface area (TPSA) is 181 Å². The first-order valence-corrected chi connectivity index (χ1v) is 14.8. The number of halogens is 3. The van der Waals surface area contributed by atoms with Crippen molar-refractivity contribution < 1.29 is 46.9 Å². The van der Waals surface area contributed by atoms with Crippen LogP contribution in [0, 0.1) is 10.3 Å². The standard InChI is InChI=1S/C26H41N3O8.C2H3F3.C2H6/c1-2-26(17-30,18-36-22(31)9-5-3-7-15-29-34)19-37-23(32)10-6-4-8-16-35-25(33)21-13-11-20(12-14-21)24(27)28;1-2(3,4)5;1-2/h11-14,24,30H,2-10,15-19,27-28H2,1H3;1H3;1-2H3. The van der Waals surface area contributed by atoms with Gasteiger partial charge in [-0.05, 0) is 56.2 Å². The number of nitrogens with two attached hydrogens (primary N) is 2. The summed E-state index contributed by atoms with van der Waals surface area (Å²) in [7, 11) is 0. The van der Waals surface area contributed by atoms with Crippen molar-refractivity contribution in [3.63, 3.8) is 0 Å². The normalized spacial score (nSPS) is 12.1. The smallest absolute Gasteiger partial charge is 0.386 e. The zero-order valence-electron chi connectivity index (χ0n) is 26.3. The first-order valence-electron chi connectivity index (χ1n) is 14.8. The van der Waals surface area contributed by atoms with E-state index in [0.29, 0.717) is 50.5 Å². The molecule has 0 aliphatic heterocycles. The maximum Gasteiger partial charge on any atom is 0.386 e. The number of benzene rings is 1. The average Bonchev–Trinajstić information content (AvgIpc) is 2.99. The van der Waals surface area contributed by atoms with Gasteiger partial charge in [0.1, 0.15) is 13.2 Å². The molecule has 0 heterocycles. The highest BCUT2D eigenvalue weighted by molar-refractivity contribution is 5.89. The van der Waals surface area contributed by atoms with Crippen LogP contribution in [0.25, 0.3) is 0 Å². The van der Waals surface area contributed by atoms with Gasteiger partial charge in [-0.15, -0.1) is 0 Å². The molecule has 1 rings (SSSR count). The van der Waals surface area contributed by atoms with Gasteiger partial charge < -0.3 is 30.8 Å². The SMILES string of the molecule is CC.CC(F)(F)F.CCC(CO)(COC(=O)CCCCCN=O)COC(=O)CCCCCOC(=O)c1ccc(C(N)N)cc1. The molecule has 0 amide bonds. The third kappa shape index (κ3) is 23.4. The molecule has 5 N–H and O–H groups in total. The zero-order chi connectivity index (χ0) is 34.0. The molecule has 0 saturated carbocycles. The van der Waals surface area contributed by atoms with Crippen LogP contribution in [0.1, 0.15) is 108 Å². The van der Waals surface area contributed by atoms with E-state index in [1.54, 1.807) is 24.3 Å². The Bertz CT molecular complexity index is 919. The van der Waals surface area contributed by atoms with Crippen molar-refractivity contribution in [2.75, 3.05) is 33.0 Å². The molecule has 0 aromatic heterocycles. The van der Waals surface area contributed by atoms with Gasteiger partial charge in [-0.3, -0.25) is 9.59 Å². The Hall–Kier alpha value is -3.10. The molecule has 0 aliphatic carbocycles. The summed E-state index contributed by atoms with van der Waals surface area (Å²) in [5.74, 6) is -1.24. The van der Waals surface area contributed by atoms with E-state index >= 15 is 0 Å². The molecule has 14 heteroatoms. The number of nitroso groups, excluding NO2 is 1. The lowest BCUT2D eigenvalue weighted by Crippen LogP contribution is -2.37. The minimum absolute atomic E-state index is 0.0465. The van der Waals surface area contributed by atoms with Gasteiger partial charge in [-0.2, -0.15) is 18.1 Å². The molecule has 0 radical (unpaired) electrons. The van der Waals surface area contributed by atoms with Crippen molar-refractivity contribution in [2.24, 2.45) is 22.1 Å². The first kappa shape index (κ1) is 43.0. The van der Waals surface area contributed by atoms with E-state index in [0.717, 1.165) is 5.56 Å². The third-order valence-corrected chi connectivity index (χ3v) is 6.08. The molecular weight excluding hydrogens is 587 g/mol. The second kappa shape index (κ2) is 25.2. The number of carbonyl (C=O) groups excluding carboxylic acids is 3. The van der Waals surface area contributed by atoms with Crippen LogP contribution in [-0.2, 0) is 23.8 Å². The first-order chi connectivity index (χ1) is 20.8. The molecule has 1 unspecified atom stereocenters. The lowest BCUT2D eigenvalue weighted by Gasteiger charge is -2.29. The number of ether oxygens (including phenoxy) is 3. The van der Waals surface area contributed by atoms with Crippen LogP contribution in [0.15, 0.2) is 29.4 Å². The highest BCUT2D eigenvalue weighted by Gasteiger charge is 2.31. The van der Waals surface area contributed by atoms with Crippen molar-refractivity contribution in [1.82, 2.24) is 0 Å². The zero-order valence-corrected chi connectivity index (χ0v) is 26.3. The molecule has 1 aromatic carbocycles. The van der Waals surface area contributed by atoms with Crippen molar-refractivity contribution in [2.45, 2.75) is 97.8 Å². The number of aliphatic hydroxyl groups excluding tert-OH is 1. The average molecular weight is 638 g/mol. The predicted molar refractivity (Wildman–Crippen MR) is 160 cm³/mol. The summed E-state index contributed by atoms with van der Waals surface area (Å²) in [6.45, 7) is 6.09. The van der Waals surface area contributed by atoms with Gasteiger partial charge in [0, 0.05) is 19.8 Å². The number of unbranched alkanes of at least 4 members (excludes halogenated alkanes) is 4. The Balaban J connectivity index is 0. The summed E-state index contributed by atoms with van der Waals surface area (Å²) in [6.07, 6.45) is 0.0304. The van der Waals surface area contributed by atoms with Crippen LogP contribution < -0.4 is 11.5 Å². The second-order valence-electron chi connectivity index (χ2n) is 9.87. The van der Waals surface area contributed by atoms with Crippen LogP contribution in [0.4, 0.5) is 13.2 Å². The number of alkyl halides is 3. The van der Waals surface area contributed by atoms with Crippen LogP contribution in [0.2, 0.25) is 0 Å². The van der Waals surface area contributed by atoms with E-state index in [1.807, 2.05) is 20.8 Å². The van der Waals surface area contributed by atoms with E-state index in [1.165, 1.54) is 0 Å². The molecule has 0 spiro atoms. The fraction of sp³-hybridized carbons (Fsp3) is 0.700. The van der Waals surface area contributed by atoms with Crippen LogP contribution in [-0.4, -0.2) is 62.2 Å². The third-order valence-electron chi connectivity index (χ3n) is 6.08. The van der Waals surface area contributed by atoms with Gasteiger partial charge in [-0.1, -0.05) is 44.5 Å². The summed E-state index contributed by atoms with van der Waals surface area (Å²) < 4.78 is 46.9. The lowest BCUT2D eigenvalue weighted by molar-refractivity contribution is -0.156. The summed E-state index contributed by atoms with van der Waals surface area (Å²) in [6, 6.07) is 6.58. The van der Waals surface area contributed by atoms with Crippen molar-refractivity contribution in [1.29, 1.82) is 0 Å². The monoisotopic (exact) mass is 637 g/mol. The quantitative estimate of drug-likeness (QED) is 0.0526. The van der Waals surface area contributed by atoms with Crippen LogP contribution in [0.5, 0.6) is 0 Å². The fourth-order valence-corrected chi connectivity index (χ4v) is 3.32. The van der Waals surface area contributed by atoms with E-state index in [9.17, 15) is 37.6 Å². The number of hydrogen-bond donors (Lipinski definition) is 3. The molecule has 254 valence electrons. The minimum atomic E-state index is -4.00. The molecule has 1 atom stereocenters. The Morgan fingerprint density at radius 2 is 1.34 bits per heavy atom. The number of hydrogen-bond acceptors (Lipinski definition) is 11. The molecule has 11 nitrogen and oxygen atoms in total. The van der Waals surface area contributed by atoms with Crippen LogP contribution in [0.3, 0.4) is 0 Å². The molecule has 0 fully saturated rings. The number of carbonyl (C=O) groups is 3. The van der Waals surface area contributed by atoms with Crippen molar-refractivity contribution >= 4 is 17.9 Å². The Morgan fingerprint density at radius 1 is 0.864 bits per heavy atom. The van der Waals surface area contributed by atoms with Crippen LogP contribution >= 0.6 is 0 Å². The van der Waals surface area contributed by atoms with Gasteiger partial charge in [0.05, 0.1) is 36.9 Å². The Morgan fingerprint density at radius 3 is 1.75 bits per heavy atom. The summed E-state index contributed by atoms with van der Waals surface area (Å²) in [5, 5.41) is 12.6. The number of rotatable bonds is 20.